The predicted octanol–water partition coefficient (Wildman–Crippen LogP) is 0.415. The van der Waals surface area contributed by atoms with E-state index < -0.39 is 11.2 Å². The molecule has 2 bridgehead atoms. The van der Waals surface area contributed by atoms with Crippen LogP contribution in [-0.2, 0) is 4.74 Å². The molecule has 26 heavy (non-hydrogen) atoms. The van der Waals surface area contributed by atoms with Gasteiger partial charge in [0.1, 0.15) is 11.3 Å². The lowest BCUT2D eigenvalue weighted by Crippen LogP contribution is -2.45. The summed E-state index contributed by atoms with van der Waals surface area (Å²) < 4.78 is 5.71. The van der Waals surface area contributed by atoms with Crippen molar-refractivity contribution in [1.29, 1.82) is 0 Å². The van der Waals surface area contributed by atoms with Crippen LogP contribution in [0.2, 0.25) is 0 Å². The third-order valence-corrected chi connectivity index (χ3v) is 6.47. The van der Waals surface area contributed by atoms with E-state index in [2.05, 4.69) is 15.0 Å². The molecule has 1 aliphatic heterocycles. The number of amides is 1. The van der Waals surface area contributed by atoms with Crippen LogP contribution in [0.15, 0.2) is 15.7 Å². The fraction of sp³-hybridized carbons (Fsp3) is 0.556. The van der Waals surface area contributed by atoms with Gasteiger partial charge in [0.25, 0.3) is 11.5 Å². The SMILES string of the molecule is COC1C2CC3CN(C(=O)c4cc(C)c5c(=O)[nH]c(=O)[nH]c5n4)C1C3C2. The Morgan fingerprint density at radius 2 is 2.08 bits per heavy atom. The quantitative estimate of drug-likeness (QED) is 0.810. The Morgan fingerprint density at radius 3 is 2.85 bits per heavy atom. The van der Waals surface area contributed by atoms with Crippen molar-refractivity contribution in [3.05, 3.63) is 38.2 Å². The lowest BCUT2D eigenvalue weighted by atomic mass is 9.88. The van der Waals surface area contributed by atoms with Crippen LogP contribution in [0.25, 0.3) is 11.0 Å². The summed E-state index contributed by atoms with van der Waals surface area (Å²) in [6, 6.07) is 1.74. The first-order valence-corrected chi connectivity index (χ1v) is 8.95. The number of carbonyl (C=O) groups is 1. The molecule has 1 saturated heterocycles. The van der Waals surface area contributed by atoms with Gasteiger partial charge in [-0.05, 0) is 49.1 Å². The van der Waals surface area contributed by atoms with Gasteiger partial charge in [-0.1, -0.05) is 0 Å². The highest BCUT2D eigenvalue weighted by Crippen LogP contribution is 2.55. The Kier molecular flexibility index (Phi) is 3.19. The Balaban J connectivity index is 1.57. The molecule has 5 atom stereocenters. The number of pyridine rings is 1. The van der Waals surface area contributed by atoms with Crippen molar-refractivity contribution in [3.63, 3.8) is 0 Å². The van der Waals surface area contributed by atoms with Gasteiger partial charge in [0.15, 0.2) is 0 Å². The van der Waals surface area contributed by atoms with E-state index in [1.165, 1.54) is 0 Å². The second kappa shape index (κ2) is 5.26. The fourth-order valence-corrected chi connectivity index (χ4v) is 5.56. The molecule has 5 rings (SSSR count). The molecule has 2 saturated carbocycles. The maximum atomic E-state index is 13.2. The largest absolute Gasteiger partial charge is 0.379 e. The second-order valence-electron chi connectivity index (χ2n) is 7.76. The number of nitrogens with zero attached hydrogens (tertiary/aromatic N) is 2. The van der Waals surface area contributed by atoms with Gasteiger partial charge in [-0.15, -0.1) is 0 Å². The lowest BCUT2D eigenvalue weighted by Gasteiger charge is -2.31. The standard InChI is InChI=1S/C18H20N4O4/c1-7-3-11(19-15-12(7)16(23)21-18(25)20-15)17(24)22-6-9-4-8-5-10(9)13(22)14(8)26-2/h3,8-10,13-14H,4-6H2,1-2H3,(H2,19,20,21,23,25). The molecule has 3 heterocycles. The molecule has 2 N–H and O–H groups in total. The fourth-order valence-electron chi connectivity index (χ4n) is 5.56. The average molecular weight is 356 g/mol. The summed E-state index contributed by atoms with van der Waals surface area (Å²) in [5.74, 6) is 1.44. The Labute approximate surface area is 148 Å². The van der Waals surface area contributed by atoms with E-state index in [1.807, 2.05) is 4.90 Å². The number of aryl methyl sites for hydroxylation is 1. The molecule has 0 spiro atoms. The predicted molar refractivity (Wildman–Crippen MR) is 93.0 cm³/mol. The van der Waals surface area contributed by atoms with Gasteiger partial charge in [-0.25, -0.2) is 9.78 Å². The second-order valence-corrected chi connectivity index (χ2v) is 7.76. The number of methoxy groups -OCH3 is 1. The first kappa shape index (κ1) is 15.7. The number of hydrogen-bond acceptors (Lipinski definition) is 5. The van der Waals surface area contributed by atoms with Gasteiger partial charge in [-0.2, -0.15) is 0 Å². The maximum Gasteiger partial charge on any atom is 0.327 e. The van der Waals surface area contributed by atoms with E-state index >= 15 is 0 Å². The minimum absolute atomic E-state index is 0.0897. The maximum absolute atomic E-state index is 13.2. The number of rotatable bonds is 2. The van der Waals surface area contributed by atoms with Gasteiger partial charge in [0.05, 0.1) is 17.5 Å². The number of carbonyl (C=O) groups excluding carboxylic acids is 1. The number of nitrogens with one attached hydrogen (secondary N) is 2. The van der Waals surface area contributed by atoms with Crippen molar-refractivity contribution in [3.8, 4) is 0 Å². The molecule has 2 aromatic rings. The zero-order chi connectivity index (χ0) is 18.2. The van der Waals surface area contributed by atoms with Crippen LogP contribution in [0.5, 0.6) is 0 Å². The van der Waals surface area contributed by atoms with Crippen LogP contribution >= 0.6 is 0 Å². The summed E-state index contributed by atoms with van der Waals surface area (Å²) in [7, 11) is 1.72. The highest BCUT2D eigenvalue weighted by molar-refractivity contribution is 5.95. The number of fused-ring (bicyclic) bond motifs is 2. The van der Waals surface area contributed by atoms with Crippen molar-refractivity contribution < 1.29 is 9.53 Å². The van der Waals surface area contributed by atoms with Crippen LogP contribution in [0.4, 0.5) is 0 Å². The van der Waals surface area contributed by atoms with Gasteiger partial charge in [-0.3, -0.25) is 19.6 Å². The Bertz CT molecular complexity index is 1040. The van der Waals surface area contributed by atoms with Crippen LogP contribution in [-0.4, -0.2) is 51.6 Å². The minimum atomic E-state index is -0.628. The molecular formula is C18H20N4O4. The normalized spacial score (nSPS) is 31.9. The number of aromatic amines is 2. The smallest absolute Gasteiger partial charge is 0.327 e. The van der Waals surface area contributed by atoms with Gasteiger partial charge >= 0.3 is 5.69 Å². The van der Waals surface area contributed by atoms with Gasteiger partial charge < -0.3 is 9.64 Å². The van der Waals surface area contributed by atoms with Crippen LogP contribution in [0.3, 0.4) is 0 Å². The van der Waals surface area contributed by atoms with Gasteiger partial charge in [0.2, 0.25) is 0 Å². The summed E-state index contributed by atoms with van der Waals surface area (Å²) >= 11 is 0. The summed E-state index contributed by atoms with van der Waals surface area (Å²) in [6.45, 7) is 2.47. The summed E-state index contributed by atoms with van der Waals surface area (Å²) in [6.07, 6.45) is 2.34. The zero-order valence-corrected chi connectivity index (χ0v) is 14.6. The molecule has 136 valence electrons. The van der Waals surface area contributed by atoms with E-state index in [0.717, 1.165) is 19.4 Å². The third-order valence-electron chi connectivity index (χ3n) is 6.47. The molecule has 8 heteroatoms. The summed E-state index contributed by atoms with van der Waals surface area (Å²) in [5, 5.41) is 0.304. The molecule has 0 radical (unpaired) electrons. The van der Waals surface area contributed by atoms with Crippen molar-refractivity contribution in [2.24, 2.45) is 17.8 Å². The molecule has 1 amide bonds. The zero-order valence-electron chi connectivity index (χ0n) is 14.6. The van der Waals surface area contributed by atoms with Crippen LogP contribution < -0.4 is 11.2 Å². The molecule has 2 aromatic heterocycles. The molecule has 3 aliphatic rings. The van der Waals surface area contributed by atoms with E-state index in [9.17, 15) is 14.4 Å². The number of likely N-dealkylation sites (tertiary alicyclic amines) is 1. The number of aromatic nitrogens is 3. The van der Waals surface area contributed by atoms with Crippen molar-refractivity contribution in [2.45, 2.75) is 31.9 Å². The number of ether oxygens (including phenoxy) is 1. The van der Waals surface area contributed by atoms with Crippen LogP contribution in [0.1, 0.15) is 28.9 Å². The molecule has 3 fully saturated rings. The number of H-pyrrole nitrogens is 2. The van der Waals surface area contributed by atoms with E-state index in [4.69, 9.17) is 4.74 Å². The molecular weight excluding hydrogens is 336 g/mol. The lowest BCUT2D eigenvalue weighted by molar-refractivity contribution is 0.0110. The average Bonchev–Trinajstić information content (AvgIpc) is 3.20. The first-order valence-electron chi connectivity index (χ1n) is 8.95. The molecule has 5 unspecified atom stereocenters. The topological polar surface area (TPSA) is 108 Å². The van der Waals surface area contributed by atoms with E-state index in [1.54, 1.807) is 20.1 Å². The first-order chi connectivity index (χ1) is 12.5. The third kappa shape index (κ3) is 1.99. The summed E-state index contributed by atoms with van der Waals surface area (Å²) in [4.78, 5) is 47.7. The monoisotopic (exact) mass is 356 g/mol. The Hall–Kier alpha value is -2.48. The molecule has 8 nitrogen and oxygen atoms in total. The Morgan fingerprint density at radius 1 is 1.27 bits per heavy atom. The van der Waals surface area contributed by atoms with E-state index in [0.29, 0.717) is 28.7 Å². The van der Waals surface area contributed by atoms with Crippen molar-refractivity contribution in [2.75, 3.05) is 13.7 Å². The molecule has 2 aliphatic carbocycles. The van der Waals surface area contributed by atoms with Gasteiger partial charge in [0, 0.05) is 13.7 Å². The minimum Gasteiger partial charge on any atom is -0.379 e. The van der Waals surface area contributed by atoms with Crippen LogP contribution in [0, 0.1) is 24.7 Å². The van der Waals surface area contributed by atoms with Crippen molar-refractivity contribution >= 4 is 16.9 Å². The molecule has 0 aromatic carbocycles. The number of hydrogen-bond donors (Lipinski definition) is 2. The van der Waals surface area contributed by atoms with Crippen molar-refractivity contribution in [1.82, 2.24) is 19.9 Å². The highest BCUT2D eigenvalue weighted by atomic mass is 16.5. The van der Waals surface area contributed by atoms with E-state index in [-0.39, 0.29) is 29.4 Å². The summed E-state index contributed by atoms with van der Waals surface area (Å²) in [5.41, 5.74) is -0.0975. The highest BCUT2D eigenvalue weighted by Gasteiger charge is 2.60.